The Morgan fingerprint density at radius 3 is 2.62 bits per heavy atom. The molecule has 16 heavy (non-hydrogen) atoms. The predicted octanol–water partition coefficient (Wildman–Crippen LogP) is 0.469. The fraction of sp³-hybridized carbons (Fsp3) is 0.444. The Bertz CT molecular complexity index is 528. The molecule has 0 saturated heterocycles. The number of nitrogens with zero attached hydrogens (tertiary/aromatic N) is 5. The highest BCUT2D eigenvalue weighted by molar-refractivity contribution is 5.94. The number of Topliss-reactive ketones (excluding diaryl/α,β-unsaturated/α-hetero) is 1. The maximum atomic E-state index is 11.8. The summed E-state index contributed by atoms with van der Waals surface area (Å²) >= 11 is 0. The van der Waals surface area contributed by atoms with Crippen molar-refractivity contribution in [3.05, 3.63) is 23.2 Å². The van der Waals surface area contributed by atoms with Gasteiger partial charge in [0.05, 0.1) is 5.69 Å². The second-order valence-electron chi connectivity index (χ2n) is 3.45. The second-order valence-corrected chi connectivity index (χ2v) is 3.45. The fourth-order valence-corrected chi connectivity index (χ4v) is 1.39. The second kappa shape index (κ2) is 3.84. The van der Waals surface area contributed by atoms with Crippen LogP contribution in [-0.2, 0) is 6.54 Å². The van der Waals surface area contributed by atoms with Gasteiger partial charge >= 0.3 is 0 Å². The van der Waals surface area contributed by atoms with E-state index in [1.807, 2.05) is 0 Å². The molecule has 7 heteroatoms. The van der Waals surface area contributed by atoms with Crippen LogP contribution in [0.15, 0.2) is 4.42 Å². The van der Waals surface area contributed by atoms with Crippen LogP contribution in [0.5, 0.6) is 0 Å². The summed E-state index contributed by atoms with van der Waals surface area (Å²) in [5.41, 5.74) is 0.591. The number of aryl methyl sites for hydroxylation is 3. The molecule has 84 valence electrons. The topological polar surface area (TPSA) is 86.7 Å². The molecule has 2 rings (SSSR count). The van der Waals surface area contributed by atoms with Crippen LogP contribution in [-0.4, -0.2) is 31.0 Å². The van der Waals surface area contributed by atoms with E-state index in [0.29, 0.717) is 17.4 Å². The number of tetrazole rings is 1. The van der Waals surface area contributed by atoms with Crippen molar-refractivity contribution in [2.24, 2.45) is 0 Å². The van der Waals surface area contributed by atoms with E-state index in [0.717, 1.165) is 0 Å². The molecule has 7 nitrogen and oxygen atoms in total. The quantitative estimate of drug-likeness (QED) is 0.700. The van der Waals surface area contributed by atoms with Crippen LogP contribution in [0.1, 0.15) is 28.0 Å². The van der Waals surface area contributed by atoms with E-state index in [-0.39, 0.29) is 18.1 Å². The Morgan fingerprint density at radius 1 is 1.38 bits per heavy atom. The highest BCUT2D eigenvalue weighted by Crippen LogP contribution is 2.11. The molecule has 0 radical (unpaired) electrons. The normalized spacial score (nSPS) is 10.7. The van der Waals surface area contributed by atoms with E-state index < -0.39 is 0 Å². The van der Waals surface area contributed by atoms with Gasteiger partial charge in [0.15, 0.2) is 11.7 Å². The van der Waals surface area contributed by atoms with Crippen LogP contribution < -0.4 is 0 Å². The van der Waals surface area contributed by atoms with Crippen molar-refractivity contribution in [2.75, 3.05) is 0 Å². The lowest BCUT2D eigenvalue weighted by atomic mass is 10.2. The number of ketones is 1. The standard InChI is InChI=1S/C9H11N5O2/c1-5-9(16-7(3)10-5)8(15)4-14-6(2)11-12-13-14/h4H2,1-3H3. The van der Waals surface area contributed by atoms with Crippen molar-refractivity contribution in [3.8, 4) is 0 Å². The van der Waals surface area contributed by atoms with Gasteiger partial charge in [0.2, 0.25) is 5.78 Å². The Morgan fingerprint density at radius 2 is 2.12 bits per heavy atom. The molecule has 0 bridgehead atoms. The SMILES string of the molecule is Cc1nc(C)c(C(=O)Cn2nnnc2C)o1. The summed E-state index contributed by atoms with van der Waals surface area (Å²) in [4.78, 5) is 15.9. The van der Waals surface area contributed by atoms with Gasteiger partial charge in [-0.15, -0.1) is 5.10 Å². The Kier molecular flexibility index (Phi) is 2.51. The summed E-state index contributed by atoms with van der Waals surface area (Å²) in [6.45, 7) is 5.22. The first-order chi connectivity index (χ1) is 7.58. The monoisotopic (exact) mass is 221 g/mol. The van der Waals surface area contributed by atoms with Crippen LogP contribution >= 0.6 is 0 Å². The molecule has 0 N–H and O–H groups in total. The molecule has 0 amide bonds. The van der Waals surface area contributed by atoms with E-state index in [2.05, 4.69) is 20.5 Å². The van der Waals surface area contributed by atoms with Crippen molar-refractivity contribution in [3.63, 3.8) is 0 Å². The maximum Gasteiger partial charge on any atom is 0.221 e. The number of oxazole rings is 1. The van der Waals surface area contributed by atoms with Gasteiger partial charge in [0.1, 0.15) is 12.4 Å². The average molecular weight is 221 g/mol. The molecule has 0 saturated carbocycles. The number of aromatic nitrogens is 5. The van der Waals surface area contributed by atoms with Crippen LogP contribution in [0.4, 0.5) is 0 Å². The predicted molar refractivity (Wildman–Crippen MR) is 52.9 cm³/mol. The Labute approximate surface area is 91.5 Å². The number of hydrogen-bond donors (Lipinski definition) is 0. The highest BCUT2D eigenvalue weighted by atomic mass is 16.4. The fourth-order valence-electron chi connectivity index (χ4n) is 1.39. The summed E-state index contributed by atoms with van der Waals surface area (Å²) < 4.78 is 6.64. The van der Waals surface area contributed by atoms with Gasteiger partial charge in [-0.25, -0.2) is 9.67 Å². The summed E-state index contributed by atoms with van der Waals surface area (Å²) in [5, 5.41) is 10.8. The minimum absolute atomic E-state index is 0.0638. The lowest BCUT2D eigenvalue weighted by molar-refractivity contribution is 0.0936. The minimum atomic E-state index is -0.187. The average Bonchev–Trinajstić information content (AvgIpc) is 2.74. The molecule has 0 fully saturated rings. The molecule has 0 spiro atoms. The molecule has 0 aliphatic heterocycles. The van der Waals surface area contributed by atoms with E-state index >= 15 is 0 Å². The maximum absolute atomic E-state index is 11.8. The zero-order valence-corrected chi connectivity index (χ0v) is 9.26. The Hall–Kier alpha value is -2.05. The van der Waals surface area contributed by atoms with Crippen LogP contribution in [0.25, 0.3) is 0 Å². The Balaban J connectivity index is 2.21. The van der Waals surface area contributed by atoms with Gasteiger partial charge in [-0.2, -0.15) is 0 Å². The summed E-state index contributed by atoms with van der Waals surface area (Å²) in [5.74, 6) is 1.15. The molecule has 0 aliphatic rings. The van der Waals surface area contributed by atoms with E-state index in [4.69, 9.17) is 4.42 Å². The number of hydrogen-bond acceptors (Lipinski definition) is 6. The molecule has 0 atom stereocenters. The molecule has 0 aliphatic carbocycles. The van der Waals surface area contributed by atoms with Crippen LogP contribution in [0.3, 0.4) is 0 Å². The summed E-state index contributed by atoms with van der Waals surface area (Å²) in [6, 6.07) is 0. The first kappa shape index (κ1) is 10.5. The van der Waals surface area contributed by atoms with Crippen LogP contribution in [0.2, 0.25) is 0 Å². The van der Waals surface area contributed by atoms with Gasteiger partial charge in [0.25, 0.3) is 0 Å². The molecule has 0 unspecified atom stereocenters. The number of carbonyl (C=O) groups is 1. The van der Waals surface area contributed by atoms with Gasteiger partial charge in [-0.1, -0.05) is 0 Å². The third-order valence-corrected chi connectivity index (χ3v) is 2.16. The van der Waals surface area contributed by atoms with E-state index in [9.17, 15) is 4.79 Å². The highest BCUT2D eigenvalue weighted by Gasteiger charge is 2.17. The number of carbonyl (C=O) groups excluding carboxylic acids is 1. The zero-order chi connectivity index (χ0) is 11.7. The smallest absolute Gasteiger partial charge is 0.221 e. The number of rotatable bonds is 3. The van der Waals surface area contributed by atoms with Crippen molar-refractivity contribution in [1.82, 2.24) is 25.2 Å². The molecule has 0 aromatic carbocycles. The van der Waals surface area contributed by atoms with Crippen LogP contribution in [0, 0.1) is 20.8 Å². The zero-order valence-electron chi connectivity index (χ0n) is 9.26. The molecular weight excluding hydrogens is 210 g/mol. The molecule has 2 aromatic rings. The molecule has 2 aromatic heterocycles. The van der Waals surface area contributed by atoms with Crippen molar-refractivity contribution in [2.45, 2.75) is 27.3 Å². The minimum Gasteiger partial charge on any atom is -0.438 e. The van der Waals surface area contributed by atoms with Gasteiger partial charge in [-0.05, 0) is 24.3 Å². The lowest BCUT2D eigenvalue weighted by Gasteiger charge is -1.98. The molecule has 2 heterocycles. The van der Waals surface area contributed by atoms with Crippen molar-refractivity contribution in [1.29, 1.82) is 0 Å². The summed E-state index contributed by atoms with van der Waals surface area (Å²) in [6.07, 6.45) is 0. The van der Waals surface area contributed by atoms with Gasteiger partial charge in [0, 0.05) is 6.92 Å². The largest absolute Gasteiger partial charge is 0.438 e. The van der Waals surface area contributed by atoms with Gasteiger partial charge in [-0.3, -0.25) is 4.79 Å². The van der Waals surface area contributed by atoms with Gasteiger partial charge < -0.3 is 4.42 Å². The van der Waals surface area contributed by atoms with E-state index in [1.54, 1.807) is 20.8 Å². The lowest BCUT2D eigenvalue weighted by Crippen LogP contribution is -2.13. The molecular formula is C9H11N5O2. The third kappa shape index (κ3) is 1.83. The van der Waals surface area contributed by atoms with Crippen molar-refractivity contribution >= 4 is 5.78 Å². The first-order valence-electron chi connectivity index (χ1n) is 4.78. The van der Waals surface area contributed by atoms with E-state index in [1.165, 1.54) is 4.68 Å². The van der Waals surface area contributed by atoms with Crippen molar-refractivity contribution < 1.29 is 9.21 Å². The third-order valence-electron chi connectivity index (χ3n) is 2.16. The summed E-state index contributed by atoms with van der Waals surface area (Å²) in [7, 11) is 0. The first-order valence-corrected chi connectivity index (χ1v) is 4.78.